The van der Waals surface area contributed by atoms with Crippen LogP contribution < -0.4 is 4.74 Å². The first-order chi connectivity index (χ1) is 12.1. The first-order valence-corrected chi connectivity index (χ1v) is 9.35. The predicted molar refractivity (Wildman–Crippen MR) is 103 cm³/mol. The van der Waals surface area contributed by atoms with E-state index in [0.717, 1.165) is 35.4 Å². The molecule has 1 fully saturated rings. The summed E-state index contributed by atoms with van der Waals surface area (Å²) in [7, 11) is 1.66. The van der Waals surface area contributed by atoms with Crippen LogP contribution in [0.5, 0.6) is 5.75 Å². The summed E-state index contributed by atoms with van der Waals surface area (Å²) >= 11 is 0. The van der Waals surface area contributed by atoms with E-state index < -0.39 is 0 Å². The van der Waals surface area contributed by atoms with Gasteiger partial charge in [0.05, 0.1) is 13.5 Å². The van der Waals surface area contributed by atoms with Crippen LogP contribution in [0.25, 0.3) is 0 Å². The van der Waals surface area contributed by atoms with Crippen LogP contribution in [0.4, 0.5) is 0 Å². The number of carbonyl (C=O) groups excluding carboxylic acids is 2. The van der Waals surface area contributed by atoms with Crippen molar-refractivity contribution >= 4 is 11.8 Å². The van der Waals surface area contributed by atoms with Crippen LogP contribution in [-0.2, 0) is 16.0 Å². The third-order valence-electron chi connectivity index (χ3n) is 5.19. The molecule has 5 nitrogen and oxygen atoms in total. The molecule has 0 bridgehead atoms. The van der Waals surface area contributed by atoms with Crippen LogP contribution >= 0.6 is 0 Å². The highest BCUT2D eigenvalue weighted by atomic mass is 16.5. The maximum atomic E-state index is 12.8. The topological polar surface area (TPSA) is 49.9 Å². The predicted octanol–water partition coefficient (Wildman–Crippen LogP) is 2.96. The Kier molecular flexibility index (Phi) is 6.32. The second kappa shape index (κ2) is 8.11. The summed E-state index contributed by atoms with van der Waals surface area (Å²) in [5.74, 6) is 1.14. The van der Waals surface area contributed by atoms with Gasteiger partial charge in [0.1, 0.15) is 5.75 Å². The molecule has 0 aromatic heterocycles. The molecule has 144 valence electrons. The van der Waals surface area contributed by atoms with E-state index in [2.05, 4.69) is 0 Å². The van der Waals surface area contributed by atoms with Gasteiger partial charge in [-0.2, -0.15) is 0 Å². The first kappa shape index (κ1) is 20.3. The molecular formula is C21H32N2O3. The van der Waals surface area contributed by atoms with E-state index in [1.807, 2.05) is 56.6 Å². The van der Waals surface area contributed by atoms with Crippen LogP contribution in [0.2, 0.25) is 0 Å². The average Bonchev–Trinajstić information content (AvgIpc) is 2.83. The van der Waals surface area contributed by atoms with E-state index in [1.54, 1.807) is 7.11 Å². The summed E-state index contributed by atoms with van der Waals surface area (Å²) in [6, 6.07) is 3.91. The average molecular weight is 360 g/mol. The van der Waals surface area contributed by atoms with E-state index in [1.165, 1.54) is 0 Å². The van der Waals surface area contributed by atoms with Gasteiger partial charge in [-0.15, -0.1) is 0 Å². The number of amides is 2. The Morgan fingerprint density at radius 3 is 2.23 bits per heavy atom. The van der Waals surface area contributed by atoms with Gasteiger partial charge in [-0.3, -0.25) is 9.59 Å². The van der Waals surface area contributed by atoms with Crippen molar-refractivity contribution in [2.75, 3.05) is 33.3 Å². The van der Waals surface area contributed by atoms with Gasteiger partial charge in [0.15, 0.2) is 0 Å². The highest BCUT2D eigenvalue weighted by Gasteiger charge is 2.29. The van der Waals surface area contributed by atoms with Gasteiger partial charge in [-0.05, 0) is 43.0 Å². The molecule has 0 radical (unpaired) electrons. The number of ether oxygens (including phenoxy) is 1. The minimum atomic E-state index is -0.378. The quantitative estimate of drug-likeness (QED) is 0.833. The summed E-state index contributed by atoms with van der Waals surface area (Å²) in [4.78, 5) is 29.1. The molecule has 1 aromatic carbocycles. The van der Waals surface area contributed by atoms with Crippen molar-refractivity contribution in [1.29, 1.82) is 0 Å². The van der Waals surface area contributed by atoms with Gasteiger partial charge in [0.25, 0.3) is 0 Å². The van der Waals surface area contributed by atoms with Crippen molar-refractivity contribution in [3.63, 3.8) is 0 Å². The summed E-state index contributed by atoms with van der Waals surface area (Å²) in [6.07, 6.45) is 1.22. The van der Waals surface area contributed by atoms with Crippen LogP contribution in [0.1, 0.15) is 43.9 Å². The molecule has 0 atom stereocenters. The van der Waals surface area contributed by atoms with Crippen LogP contribution in [0.15, 0.2) is 12.1 Å². The number of rotatable bonds is 3. The van der Waals surface area contributed by atoms with E-state index in [-0.39, 0.29) is 17.2 Å². The number of nitrogens with zero attached hydrogens (tertiary/aromatic N) is 2. The second-order valence-electron chi connectivity index (χ2n) is 8.13. The fraction of sp³-hybridized carbons (Fsp3) is 0.619. The summed E-state index contributed by atoms with van der Waals surface area (Å²) in [5, 5.41) is 0. The zero-order valence-electron chi connectivity index (χ0n) is 17.0. The van der Waals surface area contributed by atoms with Gasteiger partial charge in [0, 0.05) is 31.6 Å². The number of hydrogen-bond donors (Lipinski definition) is 0. The minimum absolute atomic E-state index is 0.128. The standard InChI is InChI=1S/C21H32N2O3/c1-15-16(2)18(26-6)9-8-17(15)14-19(24)22-10-7-11-23(13-12-22)20(25)21(3,4)5/h8-9H,7,10-14H2,1-6H3. The van der Waals surface area contributed by atoms with Gasteiger partial charge >= 0.3 is 0 Å². The molecule has 2 amide bonds. The second-order valence-corrected chi connectivity index (χ2v) is 8.13. The zero-order chi connectivity index (χ0) is 19.5. The minimum Gasteiger partial charge on any atom is -0.496 e. The molecule has 0 spiro atoms. The van der Waals surface area contributed by atoms with E-state index in [9.17, 15) is 9.59 Å². The monoisotopic (exact) mass is 360 g/mol. The largest absolute Gasteiger partial charge is 0.496 e. The lowest BCUT2D eigenvalue weighted by Crippen LogP contribution is -2.42. The Labute approximate surface area is 157 Å². The van der Waals surface area contributed by atoms with Crippen molar-refractivity contribution in [2.24, 2.45) is 5.41 Å². The summed E-state index contributed by atoms with van der Waals surface area (Å²) in [6.45, 7) is 12.5. The van der Waals surface area contributed by atoms with Gasteiger partial charge in [-0.1, -0.05) is 26.8 Å². The van der Waals surface area contributed by atoms with Crippen molar-refractivity contribution < 1.29 is 14.3 Å². The molecule has 0 unspecified atom stereocenters. The van der Waals surface area contributed by atoms with E-state index >= 15 is 0 Å². The van der Waals surface area contributed by atoms with Crippen LogP contribution in [0, 0.1) is 19.3 Å². The Morgan fingerprint density at radius 1 is 1.00 bits per heavy atom. The molecule has 2 rings (SSSR count). The number of methoxy groups -OCH3 is 1. The lowest BCUT2D eigenvalue weighted by Gasteiger charge is -2.28. The van der Waals surface area contributed by atoms with Crippen molar-refractivity contribution in [2.45, 2.75) is 47.5 Å². The molecule has 1 aliphatic rings. The number of benzene rings is 1. The summed E-state index contributed by atoms with van der Waals surface area (Å²) in [5.41, 5.74) is 2.85. The van der Waals surface area contributed by atoms with Crippen molar-refractivity contribution in [3.8, 4) is 5.75 Å². The smallest absolute Gasteiger partial charge is 0.228 e. The van der Waals surface area contributed by atoms with Crippen molar-refractivity contribution in [3.05, 3.63) is 28.8 Å². The molecule has 1 aromatic rings. The van der Waals surface area contributed by atoms with E-state index in [4.69, 9.17) is 4.74 Å². The highest BCUT2D eigenvalue weighted by molar-refractivity contribution is 5.82. The highest BCUT2D eigenvalue weighted by Crippen LogP contribution is 2.25. The summed E-state index contributed by atoms with van der Waals surface area (Å²) < 4.78 is 5.35. The Morgan fingerprint density at radius 2 is 1.62 bits per heavy atom. The molecule has 1 aliphatic heterocycles. The normalized spacial score (nSPS) is 15.6. The maximum absolute atomic E-state index is 12.8. The molecule has 0 saturated carbocycles. The molecule has 0 aliphatic carbocycles. The molecule has 1 heterocycles. The van der Waals surface area contributed by atoms with Crippen molar-refractivity contribution in [1.82, 2.24) is 9.80 Å². The first-order valence-electron chi connectivity index (χ1n) is 9.35. The van der Waals surface area contributed by atoms with Crippen LogP contribution in [-0.4, -0.2) is 54.9 Å². The molecule has 26 heavy (non-hydrogen) atoms. The Balaban J connectivity index is 2.03. The van der Waals surface area contributed by atoms with E-state index in [0.29, 0.717) is 26.1 Å². The zero-order valence-corrected chi connectivity index (χ0v) is 17.0. The number of hydrogen-bond acceptors (Lipinski definition) is 3. The fourth-order valence-corrected chi connectivity index (χ4v) is 3.38. The lowest BCUT2D eigenvalue weighted by atomic mass is 9.94. The van der Waals surface area contributed by atoms with Gasteiger partial charge in [-0.25, -0.2) is 0 Å². The Bertz CT molecular complexity index is 677. The molecular weight excluding hydrogens is 328 g/mol. The van der Waals surface area contributed by atoms with Crippen LogP contribution in [0.3, 0.4) is 0 Å². The molecule has 5 heteroatoms. The maximum Gasteiger partial charge on any atom is 0.228 e. The molecule has 0 N–H and O–H groups in total. The van der Waals surface area contributed by atoms with Gasteiger partial charge < -0.3 is 14.5 Å². The number of carbonyl (C=O) groups is 2. The van der Waals surface area contributed by atoms with Gasteiger partial charge in [0.2, 0.25) is 11.8 Å². The SMILES string of the molecule is COc1ccc(CC(=O)N2CCCN(C(=O)C(C)(C)C)CC2)c(C)c1C. The Hall–Kier alpha value is -2.04. The lowest BCUT2D eigenvalue weighted by molar-refractivity contribution is -0.139. The third kappa shape index (κ3) is 4.57. The third-order valence-corrected chi connectivity index (χ3v) is 5.19. The molecule has 1 saturated heterocycles. The fourth-order valence-electron chi connectivity index (χ4n) is 3.38.